The van der Waals surface area contributed by atoms with Crippen molar-refractivity contribution in [1.82, 2.24) is 14.5 Å². The molecule has 0 saturated heterocycles. The average Bonchev–Trinajstić information content (AvgIpc) is 2.78. The summed E-state index contributed by atoms with van der Waals surface area (Å²) < 4.78 is 41.6. The molecule has 0 aliphatic heterocycles. The van der Waals surface area contributed by atoms with E-state index in [4.69, 9.17) is 23.2 Å². The van der Waals surface area contributed by atoms with Gasteiger partial charge >= 0.3 is 10.2 Å². The fraction of sp³-hybridized carbons (Fsp3) is 0.417. The first-order chi connectivity index (χ1) is 16.8. The van der Waals surface area contributed by atoms with Crippen LogP contribution in [0.2, 0.25) is 10.0 Å². The second-order valence-corrected chi connectivity index (χ2v) is 11.5. The molecule has 0 heterocycles. The van der Waals surface area contributed by atoms with Crippen molar-refractivity contribution in [3.05, 3.63) is 63.9 Å². The van der Waals surface area contributed by atoms with Crippen molar-refractivity contribution in [3.63, 3.8) is 0 Å². The Kier molecular flexibility index (Phi) is 10.5. The van der Waals surface area contributed by atoms with Crippen LogP contribution in [0, 0.1) is 5.82 Å². The summed E-state index contributed by atoms with van der Waals surface area (Å²) in [5.41, 5.74) is 0.636. The minimum atomic E-state index is -4.14. The summed E-state index contributed by atoms with van der Waals surface area (Å²) in [5, 5.41) is 3.52. The van der Waals surface area contributed by atoms with Gasteiger partial charge in [0.1, 0.15) is 18.4 Å². The van der Waals surface area contributed by atoms with E-state index in [0.29, 0.717) is 15.6 Å². The van der Waals surface area contributed by atoms with Gasteiger partial charge in [0.15, 0.2) is 0 Å². The number of carbonyl (C=O) groups excluding carboxylic acids is 2. The number of rotatable bonds is 11. The first-order valence-corrected chi connectivity index (χ1v) is 13.4. The Hall–Kier alpha value is -2.40. The Balaban J connectivity index is 2.53. The summed E-state index contributed by atoms with van der Waals surface area (Å²) >= 11 is 12.4. The molecule has 0 bridgehead atoms. The second kappa shape index (κ2) is 12.7. The molecule has 1 N–H and O–H groups in total. The number of hydrogen-bond acceptors (Lipinski definition) is 4. The molecule has 0 saturated carbocycles. The number of nitrogens with one attached hydrogen (secondary N) is 1. The summed E-state index contributed by atoms with van der Waals surface area (Å²) in [6, 6.07) is 8.46. The maximum atomic E-state index is 13.7. The van der Waals surface area contributed by atoms with Gasteiger partial charge in [-0.1, -0.05) is 36.2 Å². The topological polar surface area (TPSA) is 90.0 Å². The molecule has 0 radical (unpaired) electrons. The van der Waals surface area contributed by atoms with Gasteiger partial charge in [-0.3, -0.25) is 9.59 Å². The molecule has 2 aromatic carbocycles. The van der Waals surface area contributed by atoms with Crippen LogP contribution in [-0.2, 0) is 26.3 Å². The monoisotopic (exact) mass is 560 g/mol. The lowest BCUT2D eigenvalue weighted by atomic mass is 10.1. The second-order valence-electron chi connectivity index (χ2n) is 8.62. The van der Waals surface area contributed by atoms with Crippen molar-refractivity contribution >= 4 is 50.9 Å². The highest BCUT2D eigenvalue weighted by atomic mass is 35.5. The van der Waals surface area contributed by atoms with Crippen molar-refractivity contribution in [2.45, 2.75) is 45.8 Å². The van der Waals surface area contributed by atoms with Crippen LogP contribution >= 0.6 is 23.2 Å². The zero-order chi connectivity index (χ0) is 27.2. The van der Waals surface area contributed by atoms with Gasteiger partial charge in [0.25, 0.3) is 0 Å². The summed E-state index contributed by atoms with van der Waals surface area (Å²) in [5.74, 6) is -1.57. The number of anilines is 1. The van der Waals surface area contributed by atoms with Crippen LogP contribution in [0.15, 0.2) is 42.5 Å². The minimum absolute atomic E-state index is 0.0574. The molecule has 2 amide bonds. The molecule has 2 aromatic rings. The molecule has 0 aliphatic carbocycles. The van der Waals surface area contributed by atoms with E-state index in [1.54, 1.807) is 32.9 Å². The first kappa shape index (κ1) is 29.8. The zero-order valence-corrected chi connectivity index (χ0v) is 23.2. The third kappa shape index (κ3) is 7.55. The maximum Gasteiger partial charge on any atom is 0.304 e. The lowest BCUT2D eigenvalue weighted by Gasteiger charge is -2.34. The quantitative estimate of drug-likeness (QED) is 0.448. The van der Waals surface area contributed by atoms with Crippen molar-refractivity contribution < 1.29 is 22.4 Å². The van der Waals surface area contributed by atoms with Crippen LogP contribution in [0.5, 0.6) is 0 Å². The molecule has 198 valence electrons. The molecule has 0 aliphatic rings. The Bertz CT molecular complexity index is 1180. The molecule has 12 heteroatoms. The number of nitrogens with zero attached hydrogens (tertiary/aromatic N) is 3. The highest BCUT2D eigenvalue weighted by Crippen LogP contribution is 2.25. The summed E-state index contributed by atoms with van der Waals surface area (Å²) in [7, 11) is -1.49. The van der Waals surface area contributed by atoms with Crippen LogP contribution in [0.3, 0.4) is 0 Å². The maximum absolute atomic E-state index is 13.7. The molecular formula is C24H31Cl2FN4O4S. The van der Waals surface area contributed by atoms with Crippen LogP contribution in [0.25, 0.3) is 0 Å². The third-order valence-electron chi connectivity index (χ3n) is 5.31. The lowest BCUT2D eigenvalue weighted by Crippen LogP contribution is -2.54. The van der Waals surface area contributed by atoms with Crippen LogP contribution < -0.4 is 9.62 Å². The van der Waals surface area contributed by atoms with Crippen molar-refractivity contribution in [1.29, 1.82) is 0 Å². The van der Waals surface area contributed by atoms with Crippen LogP contribution in [-0.4, -0.2) is 62.2 Å². The number of halogens is 3. The Labute approximate surface area is 222 Å². The number of amides is 2. The predicted molar refractivity (Wildman–Crippen MR) is 141 cm³/mol. The molecule has 2 rings (SSSR count). The highest BCUT2D eigenvalue weighted by molar-refractivity contribution is 7.90. The summed E-state index contributed by atoms with van der Waals surface area (Å²) in [6.07, 6.45) is 0.270. The molecule has 0 aromatic heterocycles. The van der Waals surface area contributed by atoms with E-state index >= 15 is 0 Å². The lowest BCUT2D eigenvalue weighted by molar-refractivity contribution is -0.140. The molecule has 0 unspecified atom stereocenters. The Morgan fingerprint density at radius 2 is 1.67 bits per heavy atom. The number of carbonyl (C=O) groups is 2. The number of benzene rings is 2. The van der Waals surface area contributed by atoms with Gasteiger partial charge in [0.2, 0.25) is 11.8 Å². The van der Waals surface area contributed by atoms with E-state index in [9.17, 15) is 22.4 Å². The normalized spacial score (nSPS) is 12.5. The van der Waals surface area contributed by atoms with E-state index < -0.39 is 34.5 Å². The molecule has 0 fully saturated rings. The Morgan fingerprint density at radius 3 is 2.17 bits per heavy atom. The van der Waals surface area contributed by atoms with Gasteiger partial charge < -0.3 is 10.2 Å². The molecule has 1 atom stereocenters. The summed E-state index contributed by atoms with van der Waals surface area (Å²) in [4.78, 5) is 28.0. The first-order valence-electron chi connectivity index (χ1n) is 11.3. The molecule has 8 nitrogen and oxygen atoms in total. The van der Waals surface area contributed by atoms with Crippen LogP contribution in [0.1, 0.15) is 32.8 Å². The SMILES string of the molecule is CC[C@@H](C(=O)NC(C)C)N(Cc1ccc(Cl)cc1Cl)C(=O)CN(c1ccc(F)cc1)S(=O)(=O)N(C)C. The number of hydrogen-bond donors (Lipinski definition) is 1. The van der Waals surface area contributed by atoms with Gasteiger partial charge in [0, 0.05) is 36.7 Å². The van der Waals surface area contributed by atoms with Gasteiger partial charge in [-0.25, -0.2) is 8.70 Å². The van der Waals surface area contributed by atoms with E-state index in [1.165, 1.54) is 37.2 Å². The fourth-order valence-corrected chi connectivity index (χ4v) is 4.98. The summed E-state index contributed by atoms with van der Waals surface area (Å²) in [6.45, 7) is 4.67. The molecular weight excluding hydrogens is 530 g/mol. The van der Waals surface area contributed by atoms with Gasteiger partial charge in [-0.05, 0) is 62.2 Å². The molecule has 0 spiro atoms. The average molecular weight is 562 g/mol. The van der Waals surface area contributed by atoms with E-state index in [-0.39, 0.29) is 30.6 Å². The molecule has 36 heavy (non-hydrogen) atoms. The van der Waals surface area contributed by atoms with Gasteiger partial charge in [0.05, 0.1) is 5.69 Å². The largest absolute Gasteiger partial charge is 0.352 e. The Morgan fingerprint density at radius 1 is 1.06 bits per heavy atom. The zero-order valence-electron chi connectivity index (χ0n) is 20.8. The predicted octanol–water partition coefficient (Wildman–Crippen LogP) is 4.08. The van der Waals surface area contributed by atoms with Crippen molar-refractivity contribution in [2.75, 3.05) is 24.9 Å². The standard InChI is InChI=1S/C24H31Cl2FN4O4S/c1-6-22(24(33)28-16(2)3)30(14-17-7-8-18(25)13-21(17)26)23(32)15-31(36(34,35)29(4)5)20-11-9-19(27)10-12-20/h7-13,16,22H,6,14-15H2,1-5H3,(H,28,33)/t22-/m0/s1. The fourth-order valence-electron chi connectivity index (χ4n) is 3.46. The highest BCUT2D eigenvalue weighted by Gasteiger charge is 2.34. The smallest absolute Gasteiger partial charge is 0.304 e. The van der Waals surface area contributed by atoms with E-state index in [1.807, 2.05) is 0 Å². The minimum Gasteiger partial charge on any atom is -0.352 e. The van der Waals surface area contributed by atoms with Crippen molar-refractivity contribution in [3.8, 4) is 0 Å². The van der Waals surface area contributed by atoms with Crippen molar-refractivity contribution in [2.24, 2.45) is 0 Å². The van der Waals surface area contributed by atoms with Gasteiger partial charge in [-0.15, -0.1) is 0 Å². The van der Waals surface area contributed by atoms with Crippen LogP contribution in [0.4, 0.5) is 10.1 Å². The third-order valence-corrected chi connectivity index (χ3v) is 7.71. The van der Waals surface area contributed by atoms with E-state index in [2.05, 4.69) is 5.32 Å². The van der Waals surface area contributed by atoms with Gasteiger partial charge in [-0.2, -0.15) is 12.7 Å². The van der Waals surface area contributed by atoms with E-state index in [0.717, 1.165) is 20.7 Å².